The molecular weight excluding hydrogens is 396 g/mol. The highest BCUT2D eigenvalue weighted by Gasteiger charge is 2.94. The normalized spacial score (nSPS) is 30.6. The number of aliphatic hydroxyl groups excluding tert-OH is 2. The van der Waals surface area contributed by atoms with E-state index < -0.39 is 40.0 Å². The van der Waals surface area contributed by atoms with E-state index in [1.807, 2.05) is 12.1 Å². The summed E-state index contributed by atoms with van der Waals surface area (Å²) in [4.78, 5) is 0. The van der Waals surface area contributed by atoms with Gasteiger partial charge in [0.15, 0.2) is 0 Å². The van der Waals surface area contributed by atoms with Crippen LogP contribution >= 0.6 is 0 Å². The van der Waals surface area contributed by atoms with Crippen molar-refractivity contribution in [1.29, 1.82) is 0 Å². The molecule has 0 heterocycles. The number of hydrogen-bond donors (Lipinski definition) is 6. The van der Waals surface area contributed by atoms with Crippen LogP contribution in [0.15, 0.2) is 60.7 Å². The van der Waals surface area contributed by atoms with Gasteiger partial charge in [-0.05, 0) is 25.0 Å². The molecule has 170 valence electrons. The zero-order valence-corrected chi connectivity index (χ0v) is 18.5. The van der Waals surface area contributed by atoms with Gasteiger partial charge in [-0.3, -0.25) is 0 Å². The topological polar surface area (TPSA) is 121 Å². The maximum Gasteiger partial charge on any atom is 0.136 e. The second kappa shape index (κ2) is 7.66. The predicted molar refractivity (Wildman–Crippen MR) is 117 cm³/mol. The monoisotopic (exact) mass is 430 g/mol. The van der Waals surface area contributed by atoms with Crippen molar-refractivity contribution < 1.29 is 30.6 Å². The van der Waals surface area contributed by atoms with Crippen LogP contribution in [-0.4, -0.2) is 65.3 Å². The first-order valence-electron chi connectivity index (χ1n) is 10.6. The second-order valence-electron chi connectivity index (χ2n) is 9.75. The minimum atomic E-state index is -2.29. The lowest BCUT2D eigenvalue weighted by molar-refractivity contribution is -0.222. The molecule has 2 unspecified atom stereocenters. The van der Waals surface area contributed by atoms with Gasteiger partial charge >= 0.3 is 0 Å². The van der Waals surface area contributed by atoms with Crippen LogP contribution in [0.2, 0.25) is 0 Å². The van der Waals surface area contributed by atoms with Gasteiger partial charge in [0, 0.05) is 18.3 Å². The minimum Gasteiger partial charge on any atom is -0.390 e. The van der Waals surface area contributed by atoms with Gasteiger partial charge in [-0.25, -0.2) is 0 Å². The molecular formula is C25H34O6. The predicted octanol–water partition coefficient (Wildman–Crippen LogP) is 1.20. The second-order valence-corrected chi connectivity index (χ2v) is 9.75. The van der Waals surface area contributed by atoms with Crippen LogP contribution in [0.3, 0.4) is 0 Å². The van der Waals surface area contributed by atoms with Crippen LogP contribution in [-0.2, 0) is 12.8 Å². The zero-order chi connectivity index (χ0) is 23.3. The number of aliphatic hydroxyl groups is 6. The molecule has 1 fully saturated rings. The number of rotatable bonds is 8. The average Bonchev–Trinajstić information content (AvgIpc) is 3.11. The maximum atomic E-state index is 11.6. The van der Waals surface area contributed by atoms with Crippen LogP contribution in [0.1, 0.15) is 38.8 Å². The van der Waals surface area contributed by atoms with Gasteiger partial charge in [-0.1, -0.05) is 74.5 Å². The summed E-state index contributed by atoms with van der Waals surface area (Å²) >= 11 is 0. The van der Waals surface area contributed by atoms with Gasteiger partial charge in [0.1, 0.15) is 22.4 Å². The molecule has 3 rings (SSSR count). The Morgan fingerprint density at radius 3 is 1.26 bits per heavy atom. The van der Waals surface area contributed by atoms with Crippen molar-refractivity contribution in [3.8, 4) is 0 Å². The Morgan fingerprint density at radius 1 is 0.677 bits per heavy atom. The molecule has 2 aromatic rings. The minimum absolute atomic E-state index is 0.0387. The van der Waals surface area contributed by atoms with Gasteiger partial charge < -0.3 is 30.6 Å². The quantitative estimate of drug-likeness (QED) is 0.374. The molecule has 1 saturated carbocycles. The van der Waals surface area contributed by atoms with Crippen LogP contribution in [0.25, 0.3) is 0 Å². The first kappa shape index (κ1) is 23.9. The van der Waals surface area contributed by atoms with Gasteiger partial charge in [0.05, 0.1) is 12.2 Å². The van der Waals surface area contributed by atoms with E-state index in [4.69, 9.17) is 0 Å². The fraction of sp³-hybridized carbons (Fsp3) is 0.520. The van der Waals surface area contributed by atoms with Gasteiger partial charge in [-0.15, -0.1) is 0 Å². The summed E-state index contributed by atoms with van der Waals surface area (Å²) in [7, 11) is 0. The molecule has 6 N–H and O–H groups in total. The van der Waals surface area contributed by atoms with Crippen molar-refractivity contribution in [1.82, 2.24) is 0 Å². The largest absolute Gasteiger partial charge is 0.390 e. The third-order valence-corrected chi connectivity index (χ3v) is 7.58. The van der Waals surface area contributed by atoms with E-state index in [1.54, 1.807) is 48.5 Å². The molecule has 0 spiro atoms. The Morgan fingerprint density at radius 2 is 0.968 bits per heavy atom. The molecule has 1 aliphatic rings. The average molecular weight is 431 g/mol. The van der Waals surface area contributed by atoms with Crippen molar-refractivity contribution in [2.24, 2.45) is 5.41 Å². The zero-order valence-electron chi connectivity index (χ0n) is 18.5. The third-order valence-electron chi connectivity index (χ3n) is 7.58. The molecule has 0 aliphatic heterocycles. The Balaban J connectivity index is 1.91. The molecule has 0 amide bonds. The van der Waals surface area contributed by atoms with Crippen molar-refractivity contribution in [2.45, 2.75) is 75.1 Å². The SMILES string of the molecule is CC1(C)[C@@](O)([C@](C)(O)C(O)Cc2ccccc2)[C@]1(O)[C@](C)(O)C(O)Cc1ccccc1. The lowest BCUT2D eigenvalue weighted by atomic mass is 9.78. The number of hydrogen-bond acceptors (Lipinski definition) is 6. The summed E-state index contributed by atoms with van der Waals surface area (Å²) in [5, 5.41) is 67.4. The van der Waals surface area contributed by atoms with E-state index in [0.29, 0.717) is 0 Å². The van der Waals surface area contributed by atoms with E-state index in [0.717, 1.165) is 11.1 Å². The van der Waals surface area contributed by atoms with E-state index in [2.05, 4.69) is 0 Å². The van der Waals surface area contributed by atoms with Crippen LogP contribution in [0.5, 0.6) is 0 Å². The van der Waals surface area contributed by atoms with Crippen molar-refractivity contribution in [3.05, 3.63) is 71.8 Å². The van der Waals surface area contributed by atoms with E-state index in [1.165, 1.54) is 27.7 Å². The molecule has 2 aromatic carbocycles. The Bertz CT molecular complexity index is 821. The maximum absolute atomic E-state index is 11.6. The van der Waals surface area contributed by atoms with Crippen LogP contribution < -0.4 is 0 Å². The standard InChI is InChI=1S/C25H34O6/c1-21(2)24(30,22(3,28)19(26)15-17-11-7-5-8-12-17)25(21,31)23(4,29)20(27)16-18-13-9-6-10-14-18/h5-14,19-20,26-31H,15-16H2,1-4H3/t19?,20?,22-,23-,24-,25-/m1/s1. The van der Waals surface area contributed by atoms with Gasteiger partial charge in [0.25, 0.3) is 0 Å². The van der Waals surface area contributed by atoms with Crippen molar-refractivity contribution in [3.63, 3.8) is 0 Å². The van der Waals surface area contributed by atoms with E-state index >= 15 is 0 Å². The first-order valence-corrected chi connectivity index (χ1v) is 10.6. The molecule has 6 nitrogen and oxygen atoms in total. The summed E-state index contributed by atoms with van der Waals surface area (Å²) in [6.07, 6.45) is -2.79. The molecule has 6 atom stereocenters. The summed E-state index contributed by atoms with van der Waals surface area (Å²) < 4.78 is 0. The van der Waals surface area contributed by atoms with Crippen LogP contribution in [0.4, 0.5) is 0 Å². The summed E-state index contributed by atoms with van der Waals surface area (Å²) in [6.45, 7) is 5.50. The molecule has 0 aromatic heterocycles. The van der Waals surface area contributed by atoms with E-state index in [9.17, 15) is 30.6 Å². The lowest BCUT2D eigenvalue weighted by Crippen LogP contribution is -2.63. The molecule has 6 heteroatoms. The fourth-order valence-corrected chi connectivity index (χ4v) is 5.38. The highest BCUT2D eigenvalue weighted by atomic mass is 16.5. The van der Waals surface area contributed by atoms with Gasteiger partial charge in [0.2, 0.25) is 0 Å². The smallest absolute Gasteiger partial charge is 0.136 e. The highest BCUT2D eigenvalue weighted by molar-refractivity contribution is 5.44. The summed E-state index contributed by atoms with van der Waals surface area (Å²) in [5.41, 5.74) is -8.88. The Kier molecular flexibility index (Phi) is 5.89. The molecule has 31 heavy (non-hydrogen) atoms. The van der Waals surface area contributed by atoms with Crippen molar-refractivity contribution >= 4 is 0 Å². The summed E-state index contributed by atoms with van der Waals surface area (Å²) in [5.74, 6) is 0. The number of benzene rings is 2. The van der Waals surface area contributed by atoms with E-state index in [-0.39, 0.29) is 12.8 Å². The Labute approximate surface area is 183 Å². The molecule has 0 bridgehead atoms. The third kappa shape index (κ3) is 3.25. The van der Waals surface area contributed by atoms with Gasteiger partial charge in [-0.2, -0.15) is 0 Å². The van der Waals surface area contributed by atoms with Crippen LogP contribution in [0, 0.1) is 5.41 Å². The highest BCUT2D eigenvalue weighted by Crippen LogP contribution is 2.73. The molecule has 0 saturated heterocycles. The first-order chi connectivity index (χ1) is 14.2. The fourth-order valence-electron chi connectivity index (χ4n) is 5.38. The molecule has 0 radical (unpaired) electrons. The summed E-state index contributed by atoms with van der Waals surface area (Å²) in [6, 6.07) is 18.0. The molecule has 1 aliphatic carbocycles. The Hall–Kier alpha value is -1.80. The lowest BCUT2D eigenvalue weighted by Gasteiger charge is -2.42. The van der Waals surface area contributed by atoms with Crippen molar-refractivity contribution in [2.75, 3.05) is 0 Å².